The van der Waals surface area contributed by atoms with Crippen molar-refractivity contribution in [2.24, 2.45) is 0 Å². The van der Waals surface area contributed by atoms with Crippen LogP contribution in [0.4, 0.5) is 17.1 Å². The Balaban J connectivity index is 1.90. The number of nitro groups is 1. The molecule has 0 spiro atoms. The summed E-state index contributed by atoms with van der Waals surface area (Å²) < 4.78 is 4.60. The molecule has 2 rings (SSSR count). The summed E-state index contributed by atoms with van der Waals surface area (Å²) in [6, 6.07) is 12.1. The molecule has 0 saturated carbocycles. The topological polar surface area (TPSA) is 111 Å². The first-order valence-corrected chi connectivity index (χ1v) is 6.96. The van der Waals surface area contributed by atoms with Crippen LogP contribution in [0, 0.1) is 10.1 Å². The number of rotatable bonds is 6. The van der Waals surface area contributed by atoms with Crippen molar-refractivity contribution in [3.8, 4) is 0 Å². The average Bonchev–Trinajstić information content (AvgIpc) is 2.60. The van der Waals surface area contributed by atoms with Gasteiger partial charge in [-0.3, -0.25) is 14.9 Å². The van der Waals surface area contributed by atoms with Gasteiger partial charge in [0.05, 0.1) is 24.1 Å². The number of nitrogens with one attached hydrogen (secondary N) is 2. The van der Waals surface area contributed by atoms with Gasteiger partial charge >= 0.3 is 5.97 Å². The first kappa shape index (κ1) is 16.9. The van der Waals surface area contributed by atoms with Crippen molar-refractivity contribution in [3.63, 3.8) is 0 Å². The predicted molar refractivity (Wildman–Crippen MR) is 88.0 cm³/mol. The molecular weight excluding hydrogens is 314 g/mol. The highest BCUT2D eigenvalue weighted by Crippen LogP contribution is 2.17. The van der Waals surface area contributed by atoms with Crippen LogP contribution < -0.4 is 10.6 Å². The number of hydrogen-bond acceptors (Lipinski definition) is 6. The molecular formula is C16H15N3O5. The normalized spacial score (nSPS) is 9.88. The summed E-state index contributed by atoms with van der Waals surface area (Å²) in [6.45, 7) is -0.0275. The SMILES string of the molecule is COC(=O)c1ccc(NCC(=O)Nc2cccc([N+](=O)[O-])c2)cc1. The van der Waals surface area contributed by atoms with Crippen LogP contribution in [0.5, 0.6) is 0 Å². The number of amides is 1. The van der Waals surface area contributed by atoms with Gasteiger partial charge < -0.3 is 15.4 Å². The first-order valence-electron chi connectivity index (χ1n) is 6.96. The van der Waals surface area contributed by atoms with Gasteiger partial charge in [-0.05, 0) is 30.3 Å². The minimum absolute atomic E-state index is 0.0275. The molecule has 0 saturated heterocycles. The molecule has 0 unspecified atom stereocenters. The first-order chi connectivity index (χ1) is 11.5. The van der Waals surface area contributed by atoms with E-state index in [-0.39, 0.29) is 18.1 Å². The Labute approximate surface area is 137 Å². The molecule has 8 nitrogen and oxygen atoms in total. The molecule has 8 heteroatoms. The maximum Gasteiger partial charge on any atom is 0.337 e. The van der Waals surface area contributed by atoms with Gasteiger partial charge in [-0.15, -0.1) is 0 Å². The molecule has 0 bridgehead atoms. The van der Waals surface area contributed by atoms with Crippen molar-refractivity contribution in [3.05, 3.63) is 64.2 Å². The fourth-order valence-corrected chi connectivity index (χ4v) is 1.93. The number of non-ortho nitro benzene ring substituents is 1. The zero-order chi connectivity index (χ0) is 17.5. The van der Waals surface area contributed by atoms with E-state index in [0.29, 0.717) is 16.9 Å². The van der Waals surface area contributed by atoms with Crippen molar-refractivity contribution in [2.45, 2.75) is 0 Å². The lowest BCUT2D eigenvalue weighted by Crippen LogP contribution is -2.21. The fraction of sp³-hybridized carbons (Fsp3) is 0.125. The Morgan fingerprint density at radius 3 is 2.46 bits per heavy atom. The maximum atomic E-state index is 11.9. The Morgan fingerprint density at radius 1 is 1.12 bits per heavy atom. The second-order valence-corrected chi connectivity index (χ2v) is 4.78. The van der Waals surface area contributed by atoms with Gasteiger partial charge in [0, 0.05) is 23.5 Å². The second kappa shape index (κ2) is 7.73. The molecule has 2 aromatic rings. The lowest BCUT2D eigenvalue weighted by atomic mass is 10.2. The smallest absolute Gasteiger partial charge is 0.337 e. The summed E-state index contributed by atoms with van der Waals surface area (Å²) in [4.78, 5) is 33.3. The molecule has 0 fully saturated rings. The van der Waals surface area contributed by atoms with Gasteiger partial charge in [0.2, 0.25) is 5.91 Å². The number of anilines is 2. The quantitative estimate of drug-likeness (QED) is 0.478. The molecule has 0 aliphatic rings. The lowest BCUT2D eigenvalue weighted by Gasteiger charge is -2.08. The standard InChI is InChI=1S/C16H15N3O5/c1-24-16(21)11-5-7-12(8-6-11)17-10-15(20)18-13-3-2-4-14(9-13)19(22)23/h2-9,17H,10H2,1H3,(H,18,20). The van der Waals surface area contributed by atoms with Crippen LogP contribution in [0.3, 0.4) is 0 Å². The van der Waals surface area contributed by atoms with E-state index in [1.807, 2.05) is 0 Å². The van der Waals surface area contributed by atoms with E-state index in [9.17, 15) is 19.7 Å². The predicted octanol–water partition coefficient (Wildman–Crippen LogP) is 2.43. The van der Waals surface area contributed by atoms with E-state index in [1.165, 1.54) is 25.3 Å². The summed E-state index contributed by atoms with van der Waals surface area (Å²) in [5, 5.41) is 16.1. The average molecular weight is 329 g/mol. The van der Waals surface area contributed by atoms with Crippen molar-refractivity contribution < 1.29 is 19.2 Å². The summed E-state index contributed by atoms with van der Waals surface area (Å²) in [5.74, 6) is -0.794. The highest BCUT2D eigenvalue weighted by atomic mass is 16.6. The number of ether oxygens (including phenoxy) is 1. The van der Waals surface area contributed by atoms with Crippen molar-refractivity contribution in [1.82, 2.24) is 0 Å². The summed E-state index contributed by atoms with van der Waals surface area (Å²) in [7, 11) is 1.30. The number of benzene rings is 2. The Hall–Kier alpha value is -3.42. The Kier molecular flexibility index (Phi) is 5.45. The minimum atomic E-state index is -0.531. The number of methoxy groups -OCH3 is 1. The van der Waals surface area contributed by atoms with Gasteiger partial charge in [0.15, 0.2) is 0 Å². The third-order valence-corrected chi connectivity index (χ3v) is 3.10. The number of nitro benzene ring substituents is 1. The highest BCUT2D eigenvalue weighted by Gasteiger charge is 2.08. The van der Waals surface area contributed by atoms with Crippen LogP contribution in [-0.2, 0) is 9.53 Å². The molecule has 1 amide bonds. The third-order valence-electron chi connectivity index (χ3n) is 3.10. The van der Waals surface area contributed by atoms with Crippen LogP contribution in [0.2, 0.25) is 0 Å². The molecule has 24 heavy (non-hydrogen) atoms. The van der Waals surface area contributed by atoms with Crippen LogP contribution in [-0.4, -0.2) is 30.5 Å². The zero-order valence-corrected chi connectivity index (χ0v) is 12.8. The molecule has 0 aliphatic carbocycles. The molecule has 0 radical (unpaired) electrons. The summed E-state index contributed by atoms with van der Waals surface area (Å²) in [5.41, 5.74) is 1.30. The number of nitrogens with zero attached hydrogens (tertiary/aromatic N) is 1. The summed E-state index contributed by atoms with van der Waals surface area (Å²) >= 11 is 0. The van der Waals surface area contributed by atoms with Crippen molar-refractivity contribution >= 4 is 28.9 Å². The van der Waals surface area contributed by atoms with E-state index >= 15 is 0 Å². The lowest BCUT2D eigenvalue weighted by molar-refractivity contribution is -0.384. The molecule has 2 aromatic carbocycles. The third kappa shape index (κ3) is 4.54. The van der Waals surface area contributed by atoms with E-state index in [1.54, 1.807) is 30.3 Å². The summed E-state index contributed by atoms with van der Waals surface area (Å²) in [6.07, 6.45) is 0. The molecule has 0 atom stereocenters. The number of carbonyl (C=O) groups is 2. The second-order valence-electron chi connectivity index (χ2n) is 4.78. The molecule has 0 aromatic heterocycles. The van der Waals surface area contributed by atoms with E-state index < -0.39 is 10.9 Å². The highest BCUT2D eigenvalue weighted by molar-refractivity contribution is 5.94. The van der Waals surface area contributed by atoms with E-state index in [0.717, 1.165) is 0 Å². The van der Waals surface area contributed by atoms with Crippen LogP contribution in [0.1, 0.15) is 10.4 Å². The number of carbonyl (C=O) groups excluding carboxylic acids is 2. The van der Waals surface area contributed by atoms with Gasteiger partial charge in [0.25, 0.3) is 5.69 Å². The van der Waals surface area contributed by atoms with Crippen LogP contribution >= 0.6 is 0 Å². The number of hydrogen-bond donors (Lipinski definition) is 2. The maximum absolute atomic E-state index is 11.9. The Bertz CT molecular complexity index is 759. The molecule has 0 aliphatic heterocycles. The van der Waals surface area contributed by atoms with Crippen LogP contribution in [0.15, 0.2) is 48.5 Å². The van der Waals surface area contributed by atoms with Crippen LogP contribution in [0.25, 0.3) is 0 Å². The van der Waals surface area contributed by atoms with E-state index in [2.05, 4.69) is 15.4 Å². The van der Waals surface area contributed by atoms with Gasteiger partial charge in [-0.1, -0.05) is 6.07 Å². The minimum Gasteiger partial charge on any atom is -0.465 e. The molecule has 2 N–H and O–H groups in total. The Morgan fingerprint density at radius 2 is 1.83 bits per heavy atom. The largest absolute Gasteiger partial charge is 0.465 e. The monoisotopic (exact) mass is 329 g/mol. The molecule has 0 heterocycles. The van der Waals surface area contributed by atoms with E-state index in [4.69, 9.17) is 0 Å². The van der Waals surface area contributed by atoms with Gasteiger partial charge in [-0.2, -0.15) is 0 Å². The zero-order valence-electron chi connectivity index (χ0n) is 12.8. The number of esters is 1. The van der Waals surface area contributed by atoms with Crippen molar-refractivity contribution in [2.75, 3.05) is 24.3 Å². The molecule has 124 valence electrons. The van der Waals surface area contributed by atoms with Crippen molar-refractivity contribution in [1.29, 1.82) is 0 Å². The van der Waals surface area contributed by atoms with Gasteiger partial charge in [-0.25, -0.2) is 4.79 Å². The van der Waals surface area contributed by atoms with Gasteiger partial charge in [0.1, 0.15) is 0 Å². The fourth-order valence-electron chi connectivity index (χ4n) is 1.93.